The zero-order valence-corrected chi connectivity index (χ0v) is 10.2. The fraction of sp³-hybridized carbons (Fsp3) is 0.455. The summed E-state index contributed by atoms with van der Waals surface area (Å²) in [6.07, 6.45) is -3.96. The summed E-state index contributed by atoms with van der Waals surface area (Å²) in [4.78, 5) is 18.0. The van der Waals surface area contributed by atoms with Gasteiger partial charge in [-0.1, -0.05) is 0 Å². The van der Waals surface area contributed by atoms with Crippen molar-refractivity contribution in [3.63, 3.8) is 0 Å². The van der Waals surface area contributed by atoms with Crippen LogP contribution in [0.4, 0.5) is 10.3 Å². The number of alkyl halides is 1. The number of hydrogen-bond donors (Lipinski definition) is 4. The van der Waals surface area contributed by atoms with Crippen LogP contribution in [-0.4, -0.2) is 49.7 Å². The molecule has 1 aliphatic rings. The lowest BCUT2D eigenvalue weighted by molar-refractivity contribution is -0.0457. The van der Waals surface area contributed by atoms with Gasteiger partial charge in [-0.05, 0) is 6.07 Å². The highest BCUT2D eigenvalue weighted by Crippen LogP contribution is 2.33. The van der Waals surface area contributed by atoms with Gasteiger partial charge in [0.1, 0.15) is 12.2 Å². The largest absolute Gasteiger partial charge is 0.394 e. The number of halogens is 1. The first kappa shape index (κ1) is 13.0. The number of ether oxygens (including phenoxy) is 1. The van der Waals surface area contributed by atoms with E-state index in [1.54, 1.807) is 0 Å². The van der Waals surface area contributed by atoms with E-state index in [9.17, 15) is 14.3 Å². The molecule has 8 nitrogen and oxygen atoms in total. The van der Waals surface area contributed by atoms with E-state index in [4.69, 9.17) is 15.6 Å². The van der Waals surface area contributed by atoms with Gasteiger partial charge in [-0.25, -0.2) is 4.39 Å². The Bertz CT molecular complexity index is 699. The van der Waals surface area contributed by atoms with Crippen LogP contribution < -0.4 is 11.3 Å². The van der Waals surface area contributed by atoms with E-state index >= 15 is 0 Å². The molecule has 0 spiro atoms. The molecule has 0 aromatic carbocycles. The topological polar surface area (TPSA) is 126 Å². The molecule has 0 amide bonds. The molecule has 9 heteroatoms. The van der Waals surface area contributed by atoms with Gasteiger partial charge < -0.3 is 25.3 Å². The van der Waals surface area contributed by atoms with Crippen LogP contribution in [0.5, 0.6) is 0 Å². The normalized spacial score (nSPS) is 30.1. The second kappa shape index (κ2) is 4.54. The molecule has 3 heterocycles. The van der Waals surface area contributed by atoms with Crippen molar-refractivity contribution in [2.24, 2.45) is 0 Å². The highest BCUT2D eigenvalue weighted by Gasteiger charge is 2.45. The lowest BCUT2D eigenvalue weighted by atomic mass is 10.1. The number of aromatic amines is 1. The Morgan fingerprint density at radius 3 is 3.00 bits per heavy atom. The molecule has 0 saturated carbocycles. The maximum atomic E-state index is 14.1. The van der Waals surface area contributed by atoms with Crippen molar-refractivity contribution in [2.45, 2.75) is 24.6 Å². The minimum absolute atomic E-state index is 0.102. The lowest BCUT2D eigenvalue weighted by Crippen LogP contribution is -2.30. The number of aliphatic hydroxyl groups is 2. The van der Waals surface area contributed by atoms with Gasteiger partial charge in [-0.2, -0.15) is 4.98 Å². The van der Waals surface area contributed by atoms with Gasteiger partial charge >= 0.3 is 0 Å². The Balaban J connectivity index is 2.09. The number of anilines is 1. The summed E-state index contributed by atoms with van der Waals surface area (Å²) in [5.74, 6) is -0.102. The standard InChI is InChI=1S/C11H13FN4O4/c12-6-7(18)5(3-17)20-10(6)16-2-1-4-8(16)14-11(13)15-9(4)19/h1-2,5-7,10,17-18H,3H2,(H3,13,14,15,19)/t5-,6?,7?,10-/m1/s1. The summed E-state index contributed by atoms with van der Waals surface area (Å²) in [7, 11) is 0. The second-order valence-electron chi connectivity index (χ2n) is 4.59. The van der Waals surface area contributed by atoms with E-state index in [1.165, 1.54) is 16.8 Å². The minimum atomic E-state index is -1.75. The SMILES string of the molecule is Nc1nc2c(ccn2[C@@H]2O[C@H](CO)C(O)C2F)c(=O)[nH]1. The summed E-state index contributed by atoms with van der Waals surface area (Å²) in [6, 6.07) is 1.45. The molecule has 2 unspecified atom stereocenters. The fourth-order valence-corrected chi connectivity index (χ4v) is 2.34. The van der Waals surface area contributed by atoms with Gasteiger partial charge in [-0.15, -0.1) is 0 Å². The summed E-state index contributed by atoms with van der Waals surface area (Å²) in [5.41, 5.74) is 5.17. The molecule has 0 bridgehead atoms. The molecule has 0 aliphatic carbocycles. The van der Waals surface area contributed by atoms with E-state index < -0.39 is 36.8 Å². The van der Waals surface area contributed by atoms with Gasteiger partial charge in [0.15, 0.2) is 18.0 Å². The Labute approximate surface area is 111 Å². The predicted octanol–water partition coefficient (Wildman–Crippen LogP) is -1.10. The second-order valence-corrected chi connectivity index (χ2v) is 4.59. The number of nitrogens with zero attached hydrogens (tertiary/aromatic N) is 2. The third-order valence-electron chi connectivity index (χ3n) is 3.35. The molecule has 5 N–H and O–H groups in total. The average molecular weight is 284 g/mol. The van der Waals surface area contributed by atoms with E-state index in [0.717, 1.165) is 0 Å². The number of H-pyrrole nitrogens is 1. The summed E-state index contributed by atoms with van der Waals surface area (Å²) in [5, 5.41) is 18.9. The van der Waals surface area contributed by atoms with Crippen LogP contribution in [0.3, 0.4) is 0 Å². The Hall–Kier alpha value is -1.97. The van der Waals surface area contributed by atoms with E-state index in [1.807, 2.05) is 0 Å². The Morgan fingerprint density at radius 2 is 2.35 bits per heavy atom. The average Bonchev–Trinajstić information content (AvgIpc) is 2.93. The van der Waals surface area contributed by atoms with E-state index in [2.05, 4.69) is 9.97 Å². The van der Waals surface area contributed by atoms with Crippen LogP contribution in [0.15, 0.2) is 17.1 Å². The van der Waals surface area contributed by atoms with Crippen LogP contribution in [0, 0.1) is 0 Å². The van der Waals surface area contributed by atoms with Crippen molar-refractivity contribution in [1.82, 2.24) is 14.5 Å². The third-order valence-corrected chi connectivity index (χ3v) is 3.35. The van der Waals surface area contributed by atoms with E-state index in [0.29, 0.717) is 0 Å². The Morgan fingerprint density at radius 1 is 1.60 bits per heavy atom. The molecule has 1 fully saturated rings. The van der Waals surface area contributed by atoms with Crippen molar-refractivity contribution in [2.75, 3.05) is 12.3 Å². The number of aliphatic hydroxyl groups excluding tert-OH is 2. The van der Waals surface area contributed by atoms with Crippen LogP contribution in [-0.2, 0) is 4.74 Å². The summed E-state index contributed by atoms with van der Waals surface area (Å²) < 4.78 is 20.6. The van der Waals surface area contributed by atoms with Gasteiger partial charge in [0.2, 0.25) is 5.95 Å². The quantitative estimate of drug-likeness (QED) is 0.554. The maximum Gasteiger partial charge on any atom is 0.261 e. The maximum absolute atomic E-state index is 14.1. The van der Waals surface area contributed by atoms with Crippen molar-refractivity contribution in [3.8, 4) is 0 Å². The number of nitrogens with one attached hydrogen (secondary N) is 1. The van der Waals surface area contributed by atoms with Crippen LogP contribution in [0.2, 0.25) is 0 Å². The third kappa shape index (κ3) is 1.79. The molecule has 1 aliphatic heterocycles. The molecular weight excluding hydrogens is 271 g/mol. The van der Waals surface area contributed by atoms with Gasteiger partial charge in [0.05, 0.1) is 12.0 Å². The molecule has 20 heavy (non-hydrogen) atoms. The first-order chi connectivity index (χ1) is 9.52. The van der Waals surface area contributed by atoms with Crippen LogP contribution >= 0.6 is 0 Å². The van der Waals surface area contributed by atoms with Crippen molar-refractivity contribution in [3.05, 3.63) is 22.6 Å². The van der Waals surface area contributed by atoms with Crippen molar-refractivity contribution < 1.29 is 19.3 Å². The molecule has 4 atom stereocenters. The van der Waals surface area contributed by atoms with Gasteiger partial charge in [0.25, 0.3) is 5.56 Å². The minimum Gasteiger partial charge on any atom is -0.394 e. The number of hydrogen-bond acceptors (Lipinski definition) is 6. The Kier molecular flexibility index (Phi) is 2.96. The van der Waals surface area contributed by atoms with E-state index in [-0.39, 0.29) is 17.0 Å². The highest BCUT2D eigenvalue weighted by molar-refractivity contribution is 5.76. The number of fused-ring (bicyclic) bond motifs is 1. The fourth-order valence-electron chi connectivity index (χ4n) is 2.34. The predicted molar refractivity (Wildman–Crippen MR) is 66.7 cm³/mol. The van der Waals surface area contributed by atoms with Crippen molar-refractivity contribution >= 4 is 17.0 Å². The number of rotatable bonds is 2. The molecule has 0 radical (unpaired) electrons. The first-order valence-electron chi connectivity index (χ1n) is 5.97. The molecular formula is C11H13FN4O4. The monoisotopic (exact) mass is 284 g/mol. The first-order valence-corrected chi connectivity index (χ1v) is 5.97. The van der Waals surface area contributed by atoms with Crippen molar-refractivity contribution in [1.29, 1.82) is 0 Å². The smallest absolute Gasteiger partial charge is 0.261 e. The lowest BCUT2D eigenvalue weighted by Gasteiger charge is -2.15. The number of nitrogen functional groups attached to an aromatic ring is 1. The molecule has 2 aromatic rings. The summed E-state index contributed by atoms with van der Waals surface area (Å²) in [6.45, 7) is -0.507. The zero-order valence-electron chi connectivity index (χ0n) is 10.2. The number of nitrogens with two attached hydrogens (primary N) is 1. The summed E-state index contributed by atoms with van der Waals surface area (Å²) >= 11 is 0. The van der Waals surface area contributed by atoms with Gasteiger partial charge in [-0.3, -0.25) is 9.78 Å². The van der Waals surface area contributed by atoms with Crippen LogP contribution in [0.1, 0.15) is 6.23 Å². The zero-order chi connectivity index (χ0) is 14.4. The van der Waals surface area contributed by atoms with Crippen LogP contribution in [0.25, 0.3) is 11.0 Å². The molecule has 2 aromatic heterocycles. The molecule has 108 valence electrons. The molecule has 1 saturated heterocycles. The highest BCUT2D eigenvalue weighted by atomic mass is 19.1. The van der Waals surface area contributed by atoms with Gasteiger partial charge in [0, 0.05) is 6.20 Å². The number of aromatic nitrogens is 3. The molecule has 3 rings (SSSR count).